The average molecular weight is 843 g/mol. The zero-order chi connectivity index (χ0) is 42.0. The zero-order valence-electron chi connectivity index (χ0n) is 36.0. The lowest BCUT2D eigenvalue weighted by molar-refractivity contribution is -0.175. The third-order valence-electron chi connectivity index (χ3n) is 15.3. The number of rotatable bonds is 9. The summed E-state index contributed by atoms with van der Waals surface area (Å²) in [6.45, 7) is 14.8. The number of hydrogen-bond donors (Lipinski definition) is 6. The van der Waals surface area contributed by atoms with E-state index in [0.717, 1.165) is 62.2 Å². The molecule has 7 aliphatic rings. The molecular weight excluding hydrogens is 778 g/mol. The predicted octanol–water partition coefficient (Wildman–Crippen LogP) is 4.55. The molecule has 0 bridgehead atoms. The van der Waals surface area contributed by atoms with Crippen molar-refractivity contribution in [1.29, 1.82) is 5.26 Å². The molecule has 2 saturated carbocycles. The number of halogens is 1. The van der Waals surface area contributed by atoms with Gasteiger partial charge in [0.2, 0.25) is 5.91 Å². The number of hydrogen-bond acceptors (Lipinski definition) is 12. The molecule has 4 saturated heterocycles. The van der Waals surface area contributed by atoms with Gasteiger partial charge in [-0.1, -0.05) is 39.3 Å². The smallest absolute Gasteiger partial charge is 0.225 e. The van der Waals surface area contributed by atoms with Crippen LogP contribution < -0.4 is 41.5 Å². The molecule has 9 rings (SSSR count). The standard InChI is InChI=1S/C46H64ClN9O4/c1-26-37-33-14-15-36(49-6)53-39(33)38(50-24-35(37)60-55-26)27-8-11-30(12-9-27)58-32-19-46(20-32)16-7-17-56(25-46)43-51-22-29(23-52-43)40(57)54-41-44(2,3)42(45(41,4)5)59-31-13-10-28(21-48)34(47)18-31/h8-13,18,26,29,32-33,35-37,39,41-43,49,51-53,55H,7,14-17,19-20,22-25H2,1-6H3,(H,54,57). The molecule has 14 heteroatoms. The second kappa shape index (κ2) is 16.4. The van der Waals surface area contributed by atoms with E-state index < -0.39 is 0 Å². The first-order valence-electron chi connectivity index (χ1n) is 22.3. The van der Waals surface area contributed by atoms with Gasteiger partial charge in [-0.15, -0.1) is 0 Å². The molecule has 60 heavy (non-hydrogen) atoms. The van der Waals surface area contributed by atoms with Crippen LogP contribution in [0.25, 0.3) is 0 Å². The Morgan fingerprint density at radius 1 is 1.03 bits per heavy atom. The minimum atomic E-state index is -0.308. The quantitative estimate of drug-likeness (QED) is 0.211. The van der Waals surface area contributed by atoms with Crippen LogP contribution >= 0.6 is 11.6 Å². The number of carbonyl (C=O) groups excluding carboxylic acids is 1. The first kappa shape index (κ1) is 42.0. The number of amides is 1. The van der Waals surface area contributed by atoms with E-state index in [0.29, 0.717) is 53.8 Å². The number of piperidine rings is 2. The Kier molecular flexibility index (Phi) is 11.5. The summed E-state index contributed by atoms with van der Waals surface area (Å²) < 4.78 is 13.0. The highest BCUT2D eigenvalue weighted by molar-refractivity contribution is 6.31. The van der Waals surface area contributed by atoms with Crippen molar-refractivity contribution >= 4 is 23.2 Å². The number of likely N-dealkylation sites (tertiary alicyclic amines) is 1. The summed E-state index contributed by atoms with van der Waals surface area (Å²) in [7, 11) is 2.03. The molecule has 13 nitrogen and oxygen atoms in total. The normalized spacial score (nSPS) is 35.7. The summed E-state index contributed by atoms with van der Waals surface area (Å²) >= 11 is 6.29. The SMILES string of the molecule is CNC1CCC2C(N1)C(c1ccc(OC3CC4(CCCN(C5NCC(C(=O)NC6C(C)(C)C(Oc7ccc(C#N)c(Cl)c7)C6(C)C)CN5)C4)C3)cc1)=NCC1ONC(C)C12. The maximum Gasteiger partial charge on any atom is 0.225 e. The maximum atomic E-state index is 13.7. The minimum Gasteiger partial charge on any atom is -0.490 e. The average Bonchev–Trinajstić information content (AvgIpc) is 3.52. The van der Waals surface area contributed by atoms with Gasteiger partial charge in [-0.25, -0.2) is 0 Å². The predicted molar refractivity (Wildman–Crippen MR) is 232 cm³/mol. The van der Waals surface area contributed by atoms with E-state index in [4.69, 9.17) is 30.9 Å². The Bertz CT molecular complexity index is 1960. The molecule has 6 unspecified atom stereocenters. The second-order valence-electron chi connectivity index (χ2n) is 20.1. The van der Waals surface area contributed by atoms with Gasteiger partial charge in [0, 0.05) is 61.1 Å². The summed E-state index contributed by atoms with van der Waals surface area (Å²) in [5, 5.41) is 27.7. The molecule has 0 radical (unpaired) electrons. The molecule has 5 aliphatic heterocycles. The van der Waals surface area contributed by atoms with Crippen LogP contribution in [-0.2, 0) is 9.63 Å². The lowest BCUT2D eigenvalue weighted by Crippen LogP contribution is -2.75. The van der Waals surface area contributed by atoms with Crippen molar-refractivity contribution < 1.29 is 19.1 Å². The fourth-order valence-electron chi connectivity index (χ4n) is 12.5. The summed E-state index contributed by atoms with van der Waals surface area (Å²) in [5.74, 6) is 2.32. The van der Waals surface area contributed by atoms with Crippen LogP contribution in [0, 0.1) is 45.3 Å². The van der Waals surface area contributed by atoms with Gasteiger partial charge in [0.05, 0.1) is 47.1 Å². The number of ether oxygens (including phenoxy) is 2. The van der Waals surface area contributed by atoms with Crippen molar-refractivity contribution in [2.45, 2.75) is 122 Å². The monoisotopic (exact) mass is 841 g/mol. The summed E-state index contributed by atoms with van der Waals surface area (Å²) in [4.78, 5) is 27.4. The number of nitriles is 1. The molecule has 6 fully saturated rings. The summed E-state index contributed by atoms with van der Waals surface area (Å²) in [5.41, 5.74) is 5.60. The highest BCUT2D eigenvalue weighted by Gasteiger charge is 2.64. The Morgan fingerprint density at radius 2 is 1.77 bits per heavy atom. The van der Waals surface area contributed by atoms with Gasteiger partial charge in [-0.3, -0.25) is 35.5 Å². The van der Waals surface area contributed by atoms with Gasteiger partial charge in [-0.2, -0.15) is 10.7 Å². The first-order chi connectivity index (χ1) is 28.8. The van der Waals surface area contributed by atoms with Crippen molar-refractivity contribution in [2.75, 3.05) is 39.8 Å². The molecule has 5 heterocycles. The van der Waals surface area contributed by atoms with Crippen molar-refractivity contribution in [2.24, 2.45) is 39.0 Å². The molecule has 1 amide bonds. The molecule has 1 spiro atoms. The molecule has 2 aromatic carbocycles. The highest BCUT2D eigenvalue weighted by atomic mass is 35.5. The van der Waals surface area contributed by atoms with E-state index in [2.05, 4.69) is 102 Å². The van der Waals surface area contributed by atoms with Crippen LogP contribution in [0.2, 0.25) is 5.02 Å². The minimum absolute atomic E-state index is 0.0477. The molecule has 2 aliphatic carbocycles. The van der Waals surface area contributed by atoms with E-state index >= 15 is 0 Å². The van der Waals surface area contributed by atoms with Crippen molar-refractivity contribution in [3.63, 3.8) is 0 Å². The van der Waals surface area contributed by atoms with Crippen LogP contribution in [0.4, 0.5) is 0 Å². The third-order valence-corrected chi connectivity index (χ3v) is 15.7. The summed E-state index contributed by atoms with van der Waals surface area (Å²) in [6, 6.07) is 16.3. The lowest BCUT2D eigenvalue weighted by Gasteiger charge is -2.63. The van der Waals surface area contributed by atoms with Gasteiger partial charge in [0.25, 0.3) is 0 Å². The fraction of sp³-hybridized carbons (Fsp3) is 0.674. The number of aliphatic imine (C=N–C) groups is 1. The van der Waals surface area contributed by atoms with Gasteiger partial charge in [0.1, 0.15) is 36.1 Å². The Hall–Kier alpha value is -3.32. The molecule has 324 valence electrons. The Morgan fingerprint density at radius 3 is 2.47 bits per heavy atom. The number of nitrogens with zero attached hydrogens (tertiary/aromatic N) is 3. The van der Waals surface area contributed by atoms with Crippen LogP contribution in [-0.4, -0.2) is 105 Å². The van der Waals surface area contributed by atoms with E-state index in [-0.39, 0.29) is 70.9 Å². The van der Waals surface area contributed by atoms with Crippen LogP contribution in [0.1, 0.15) is 84.3 Å². The second-order valence-corrected chi connectivity index (χ2v) is 20.5. The highest BCUT2D eigenvalue weighted by Crippen LogP contribution is 2.56. The number of hydroxylamine groups is 1. The number of nitrogens with one attached hydrogen (secondary N) is 6. The maximum absolute atomic E-state index is 13.7. The zero-order valence-corrected chi connectivity index (χ0v) is 36.8. The number of benzene rings is 2. The molecule has 6 N–H and O–H groups in total. The van der Waals surface area contributed by atoms with Crippen LogP contribution in [0.15, 0.2) is 47.5 Å². The van der Waals surface area contributed by atoms with Crippen LogP contribution in [0.3, 0.4) is 0 Å². The van der Waals surface area contributed by atoms with Gasteiger partial charge >= 0.3 is 0 Å². The van der Waals surface area contributed by atoms with Gasteiger partial charge in [-0.05, 0) is 106 Å². The topological polar surface area (TPSA) is 156 Å². The van der Waals surface area contributed by atoms with Gasteiger partial charge in [0.15, 0.2) is 0 Å². The van der Waals surface area contributed by atoms with E-state index in [9.17, 15) is 10.1 Å². The molecule has 2 aromatic rings. The molecular formula is C46H64ClN9O4. The number of fused-ring (bicyclic) bond motifs is 3. The van der Waals surface area contributed by atoms with E-state index in [1.807, 2.05) is 7.05 Å². The van der Waals surface area contributed by atoms with Crippen molar-refractivity contribution in [1.82, 2.24) is 37.0 Å². The Balaban J connectivity index is 0.747. The lowest BCUT2D eigenvalue weighted by atomic mass is 9.49. The van der Waals surface area contributed by atoms with Gasteiger partial charge < -0.3 is 20.1 Å². The van der Waals surface area contributed by atoms with Crippen molar-refractivity contribution in [3.05, 3.63) is 58.6 Å². The molecule has 0 aromatic heterocycles. The van der Waals surface area contributed by atoms with Crippen LogP contribution in [0.5, 0.6) is 11.5 Å². The largest absolute Gasteiger partial charge is 0.490 e. The summed E-state index contributed by atoms with van der Waals surface area (Å²) in [6.07, 6.45) is 7.22. The van der Waals surface area contributed by atoms with Crippen molar-refractivity contribution in [3.8, 4) is 17.6 Å². The Labute approximate surface area is 360 Å². The van der Waals surface area contributed by atoms with E-state index in [1.165, 1.54) is 6.42 Å². The first-order valence-corrected chi connectivity index (χ1v) is 22.7. The fourth-order valence-corrected chi connectivity index (χ4v) is 12.8. The number of carbonyl (C=O) groups is 1. The third kappa shape index (κ3) is 7.74. The molecule has 6 atom stereocenters. The van der Waals surface area contributed by atoms with E-state index in [1.54, 1.807) is 18.2 Å².